The maximum absolute atomic E-state index is 12.0. The summed E-state index contributed by atoms with van der Waals surface area (Å²) in [5.41, 5.74) is 1.83. The van der Waals surface area contributed by atoms with Gasteiger partial charge in [0.05, 0.1) is 0 Å². The first kappa shape index (κ1) is 17.2. The van der Waals surface area contributed by atoms with Crippen LogP contribution in [-0.2, 0) is 0 Å². The number of aryl methyl sites for hydroxylation is 1. The Labute approximate surface area is 148 Å². The molecule has 0 unspecified atom stereocenters. The van der Waals surface area contributed by atoms with Gasteiger partial charge in [-0.1, -0.05) is 18.8 Å². The van der Waals surface area contributed by atoms with Crippen molar-refractivity contribution in [1.82, 2.24) is 9.97 Å². The fourth-order valence-electron chi connectivity index (χ4n) is 2.85. The normalized spacial score (nSPS) is 19.6. The highest BCUT2D eigenvalue weighted by Gasteiger charge is 2.16. The van der Waals surface area contributed by atoms with E-state index in [4.69, 9.17) is 4.74 Å². The van der Waals surface area contributed by atoms with Crippen LogP contribution in [-0.4, -0.2) is 15.9 Å². The number of nitrogens with zero attached hydrogens (tertiary/aromatic N) is 2. The number of hydrogen-bond acceptors (Lipinski definition) is 4. The summed E-state index contributed by atoms with van der Waals surface area (Å²) in [5, 5.41) is 0. The molecule has 0 atom stereocenters. The molecule has 0 saturated heterocycles. The minimum absolute atomic E-state index is 0.0565. The summed E-state index contributed by atoms with van der Waals surface area (Å²) in [6, 6.07) is 7.24. The number of ether oxygens (including phenoxy) is 1. The van der Waals surface area contributed by atoms with Crippen molar-refractivity contribution in [3.8, 4) is 17.6 Å². The first-order chi connectivity index (χ1) is 12.1. The topological polar surface area (TPSA) is 52.1 Å². The van der Waals surface area contributed by atoms with E-state index in [1.54, 1.807) is 24.5 Å². The molecule has 4 heteroatoms. The fraction of sp³-hybridized carbons (Fsp3) is 0.381. The van der Waals surface area contributed by atoms with Crippen LogP contribution in [0.25, 0.3) is 0 Å². The molecule has 128 valence electrons. The van der Waals surface area contributed by atoms with E-state index in [0.29, 0.717) is 11.7 Å². The number of benzene rings is 1. The van der Waals surface area contributed by atoms with Crippen LogP contribution < -0.4 is 4.74 Å². The summed E-state index contributed by atoms with van der Waals surface area (Å²) in [5.74, 6) is 7.91. The first-order valence-electron chi connectivity index (χ1n) is 8.72. The average Bonchev–Trinajstić information content (AvgIpc) is 2.63. The minimum Gasteiger partial charge on any atom is -0.421 e. The van der Waals surface area contributed by atoms with Gasteiger partial charge in [0.1, 0.15) is 5.75 Å². The zero-order valence-corrected chi connectivity index (χ0v) is 14.7. The number of aromatic nitrogens is 2. The summed E-state index contributed by atoms with van der Waals surface area (Å²) < 4.78 is 5.29. The van der Waals surface area contributed by atoms with Gasteiger partial charge in [-0.05, 0) is 68.4 Å². The second kappa shape index (κ2) is 7.94. The first-order valence-corrected chi connectivity index (χ1v) is 8.72. The van der Waals surface area contributed by atoms with E-state index in [1.165, 1.54) is 25.7 Å². The molecule has 1 saturated carbocycles. The van der Waals surface area contributed by atoms with Crippen molar-refractivity contribution in [1.29, 1.82) is 0 Å². The molecule has 3 rings (SSSR count). The second-order valence-corrected chi connectivity index (χ2v) is 6.72. The van der Waals surface area contributed by atoms with Crippen molar-refractivity contribution in [2.45, 2.75) is 39.5 Å². The number of carbonyl (C=O) groups excluding carboxylic acids is 1. The number of carbonyl (C=O) groups is 1. The third-order valence-corrected chi connectivity index (χ3v) is 4.46. The summed E-state index contributed by atoms with van der Waals surface area (Å²) in [6.45, 7) is 4.17. The van der Waals surface area contributed by atoms with E-state index in [-0.39, 0.29) is 5.82 Å². The van der Waals surface area contributed by atoms with Crippen molar-refractivity contribution in [2.75, 3.05) is 0 Å². The highest BCUT2D eigenvalue weighted by atomic mass is 16.5. The van der Waals surface area contributed by atoms with E-state index < -0.39 is 5.97 Å². The maximum atomic E-state index is 12.0. The summed E-state index contributed by atoms with van der Waals surface area (Å²) in [4.78, 5) is 19.9. The third kappa shape index (κ3) is 4.90. The predicted octanol–water partition coefficient (Wildman–Crippen LogP) is 4.18. The summed E-state index contributed by atoms with van der Waals surface area (Å²) in [7, 11) is 0. The highest BCUT2D eigenvalue weighted by Crippen LogP contribution is 2.27. The second-order valence-electron chi connectivity index (χ2n) is 6.72. The van der Waals surface area contributed by atoms with Crippen LogP contribution in [0.5, 0.6) is 5.75 Å². The van der Waals surface area contributed by atoms with E-state index in [1.807, 2.05) is 19.1 Å². The standard InChI is InChI=1S/C21H22N2O2/c1-15-3-5-17(6-4-15)7-8-18-9-11-19(12-10-18)25-21(24)20-22-13-16(2)14-23-20/h9-15,17H,3-6H2,1-2H3. The Morgan fingerprint density at radius 3 is 2.36 bits per heavy atom. The molecule has 1 aromatic heterocycles. The quantitative estimate of drug-likeness (QED) is 0.470. The van der Waals surface area contributed by atoms with Crippen molar-refractivity contribution in [3.05, 3.63) is 53.6 Å². The Kier molecular flexibility index (Phi) is 5.45. The SMILES string of the molecule is Cc1cnc(C(=O)Oc2ccc(C#CC3CCC(C)CC3)cc2)nc1. The van der Waals surface area contributed by atoms with E-state index in [2.05, 4.69) is 28.7 Å². The largest absolute Gasteiger partial charge is 0.421 e. The lowest BCUT2D eigenvalue weighted by atomic mass is 9.83. The molecule has 2 aromatic rings. The molecule has 4 nitrogen and oxygen atoms in total. The van der Waals surface area contributed by atoms with Crippen LogP contribution >= 0.6 is 0 Å². The lowest BCUT2D eigenvalue weighted by Gasteiger charge is -2.21. The molecule has 1 heterocycles. The van der Waals surface area contributed by atoms with Crippen molar-refractivity contribution >= 4 is 5.97 Å². The Balaban J connectivity index is 1.59. The van der Waals surface area contributed by atoms with E-state index in [0.717, 1.165) is 17.0 Å². The van der Waals surface area contributed by atoms with Gasteiger partial charge in [-0.2, -0.15) is 0 Å². The monoisotopic (exact) mass is 334 g/mol. The van der Waals surface area contributed by atoms with Gasteiger partial charge in [-0.25, -0.2) is 14.8 Å². The van der Waals surface area contributed by atoms with Gasteiger partial charge in [0.25, 0.3) is 0 Å². The van der Waals surface area contributed by atoms with E-state index in [9.17, 15) is 4.79 Å². The van der Waals surface area contributed by atoms with Crippen molar-refractivity contribution in [3.63, 3.8) is 0 Å². The Hall–Kier alpha value is -2.67. The molecule has 0 radical (unpaired) electrons. The van der Waals surface area contributed by atoms with Gasteiger partial charge in [-0.3, -0.25) is 0 Å². The Bertz CT molecular complexity index is 777. The smallest absolute Gasteiger partial charge is 0.381 e. The van der Waals surface area contributed by atoms with Gasteiger partial charge in [0.15, 0.2) is 0 Å². The average molecular weight is 334 g/mol. The fourth-order valence-corrected chi connectivity index (χ4v) is 2.85. The lowest BCUT2D eigenvalue weighted by molar-refractivity contribution is 0.0722. The maximum Gasteiger partial charge on any atom is 0.381 e. The van der Waals surface area contributed by atoms with Crippen molar-refractivity contribution < 1.29 is 9.53 Å². The Morgan fingerprint density at radius 1 is 1.08 bits per heavy atom. The van der Waals surface area contributed by atoms with Crippen molar-refractivity contribution in [2.24, 2.45) is 11.8 Å². The molecule has 0 amide bonds. The highest BCUT2D eigenvalue weighted by molar-refractivity contribution is 5.86. The predicted molar refractivity (Wildman–Crippen MR) is 96.2 cm³/mol. The number of rotatable bonds is 2. The van der Waals surface area contributed by atoms with Gasteiger partial charge < -0.3 is 4.74 Å². The van der Waals surface area contributed by atoms with Gasteiger partial charge in [0, 0.05) is 23.9 Å². The van der Waals surface area contributed by atoms with Crippen LogP contribution in [0.4, 0.5) is 0 Å². The van der Waals surface area contributed by atoms with E-state index >= 15 is 0 Å². The van der Waals surface area contributed by atoms with Crippen LogP contribution in [0.2, 0.25) is 0 Å². The van der Waals surface area contributed by atoms with Gasteiger partial charge in [-0.15, -0.1) is 0 Å². The molecule has 0 spiro atoms. The Morgan fingerprint density at radius 2 is 1.72 bits per heavy atom. The zero-order valence-electron chi connectivity index (χ0n) is 14.7. The molecule has 25 heavy (non-hydrogen) atoms. The molecular weight excluding hydrogens is 312 g/mol. The van der Waals surface area contributed by atoms with Crippen LogP contribution in [0, 0.1) is 30.6 Å². The molecule has 0 N–H and O–H groups in total. The molecule has 1 fully saturated rings. The molecule has 1 aliphatic carbocycles. The molecule has 1 aromatic carbocycles. The minimum atomic E-state index is -0.560. The lowest BCUT2D eigenvalue weighted by Crippen LogP contribution is -2.12. The van der Waals surface area contributed by atoms with Gasteiger partial charge >= 0.3 is 5.97 Å². The molecular formula is C21H22N2O2. The van der Waals surface area contributed by atoms with Crippen LogP contribution in [0.15, 0.2) is 36.7 Å². The zero-order chi connectivity index (χ0) is 17.6. The summed E-state index contributed by atoms with van der Waals surface area (Å²) in [6.07, 6.45) is 8.12. The molecule has 0 aliphatic heterocycles. The van der Waals surface area contributed by atoms with Crippen LogP contribution in [0.1, 0.15) is 54.4 Å². The molecule has 0 bridgehead atoms. The number of hydrogen-bond donors (Lipinski definition) is 0. The molecule has 1 aliphatic rings. The number of esters is 1. The summed E-state index contributed by atoms with van der Waals surface area (Å²) >= 11 is 0. The van der Waals surface area contributed by atoms with Crippen LogP contribution in [0.3, 0.4) is 0 Å². The van der Waals surface area contributed by atoms with Gasteiger partial charge in [0.2, 0.25) is 5.82 Å². The third-order valence-electron chi connectivity index (χ3n) is 4.46.